The Hall–Kier alpha value is -2.44. The number of aliphatic carboxylic acids is 1. The van der Waals surface area contributed by atoms with E-state index in [1.54, 1.807) is 0 Å². The molecular weight excluding hydrogens is 204 g/mol. The van der Waals surface area contributed by atoms with Crippen molar-refractivity contribution in [1.82, 2.24) is 0 Å². The Morgan fingerprint density at radius 2 is 2.07 bits per heavy atom. The van der Waals surface area contributed by atoms with Gasteiger partial charge in [-0.15, -0.1) is 0 Å². The molecule has 0 fully saturated rings. The van der Waals surface area contributed by atoms with Gasteiger partial charge in [-0.2, -0.15) is 0 Å². The van der Waals surface area contributed by atoms with Gasteiger partial charge in [-0.25, -0.2) is 4.79 Å². The number of carbonyl (C=O) groups is 1. The number of phenolic OH excluding ortho intramolecular Hbond substituents is 1. The van der Waals surface area contributed by atoms with Crippen LogP contribution in [-0.4, -0.2) is 26.8 Å². The second kappa shape index (κ2) is 3.74. The number of benzene rings is 1. The maximum absolute atomic E-state index is 10.4. The van der Waals surface area contributed by atoms with Crippen molar-refractivity contribution >= 4 is 17.4 Å². The molecular formula is C8H6N2O5. The standard InChI is InChI=1S/C8H6N2O5/c9-7(8(12)13)5-3-4(10(14)15)1-2-6(5)11/h1-3,9,11H,(H,12,13). The zero-order valence-electron chi connectivity index (χ0n) is 7.30. The van der Waals surface area contributed by atoms with Gasteiger partial charge in [0.1, 0.15) is 5.75 Å². The van der Waals surface area contributed by atoms with Gasteiger partial charge >= 0.3 is 5.97 Å². The Kier molecular flexibility index (Phi) is 2.65. The van der Waals surface area contributed by atoms with Gasteiger partial charge in [0.25, 0.3) is 5.69 Å². The van der Waals surface area contributed by atoms with Crippen LogP contribution in [-0.2, 0) is 4.79 Å². The fourth-order valence-corrected chi connectivity index (χ4v) is 0.953. The average molecular weight is 210 g/mol. The quantitative estimate of drug-likeness (QED) is 0.385. The molecule has 0 unspecified atom stereocenters. The number of nitro groups is 1. The number of carboxylic acids is 1. The molecule has 7 nitrogen and oxygen atoms in total. The summed E-state index contributed by atoms with van der Waals surface area (Å²) in [6.45, 7) is 0. The van der Waals surface area contributed by atoms with Crippen molar-refractivity contribution in [3.05, 3.63) is 33.9 Å². The predicted molar refractivity (Wildman–Crippen MR) is 49.2 cm³/mol. The van der Waals surface area contributed by atoms with Crippen LogP contribution in [0.15, 0.2) is 18.2 Å². The highest BCUT2D eigenvalue weighted by atomic mass is 16.6. The average Bonchev–Trinajstić information content (AvgIpc) is 2.16. The number of hydrogen-bond acceptors (Lipinski definition) is 5. The minimum atomic E-state index is -1.56. The molecule has 3 N–H and O–H groups in total. The molecule has 7 heteroatoms. The number of nitrogens with zero attached hydrogens (tertiary/aromatic N) is 1. The Labute approximate surface area is 83.2 Å². The van der Waals surface area contributed by atoms with E-state index in [2.05, 4.69) is 0 Å². The summed E-state index contributed by atoms with van der Waals surface area (Å²) in [5, 5.41) is 35.1. The molecule has 0 aromatic heterocycles. The van der Waals surface area contributed by atoms with Gasteiger partial charge in [0, 0.05) is 12.1 Å². The third kappa shape index (κ3) is 2.08. The first-order valence-electron chi connectivity index (χ1n) is 3.73. The fraction of sp³-hybridized carbons (Fsp3) is 0. The van der Waals surface area contributed by atoms with Gasteiger partial charge in [-0.3, -0.25) is 15.5 Å². The zero-order valence-corrected chi connectivity index (χ0v) is 7.30. The summed E-state index contributed by atoms with van der Waals surface area (Å²) in [7, 11) is 0. The molecule has 0 spiro atoms. The lowest BCUT2D eigenvalue weighted by molar-refractivity contribution is -0.384. The minimum absolute atomic E-state index is 0.378. The molecule has 0 atom stereocenters. The molecule has 1 rings (SSSR count). The molecule has 0 radical (unpaired) electrons. The van der Waals surface area contributed by atoms with Crippen LogP contribution in [0.3, 0.4) is 0 Å². The molecule has 1 aromatic carbocycles. The molecule has 0 aliphatic heterocycles. The number of carboxylic acid groups (broad SMARTS) is 1. The molecule has 15 heavy (non-hydrogen) atoms. The van der Waals surface area contributed by atoms with Crippen LogP contribution in [0.1, 0.15) is 5.56 Å². The fourth-order valence-electron chi connectivity index (χ4n) is 0.953. The lowest BCUT2D eigenvalue weighted by Gasteiger charge is -2.01. The molecule has 0 saturated heterocycles. The third-order valence-electron chi connectivity index (χ3n) is 1.67. The zero-order chi connectivity index (χ0) is 11.6. The van der Waals surface area contributed by atoms with Crippen LogP contribution in [0.2, 0.25) is 0 Å². The lowest BCUT2D eigenvalue weighted by Crippen LogP contribution is -2.13. The Bertz CT molecular complexity index is 454. The molecule has 0 aliphatic carbocycles. The van der Waals surface area contributed by atoms with E-state index in [0.29, 0.717) is 0 Å². The number of rotatable bonds is 3. The molecule has 0 amide bonds. The highest BCUT2D eigenvalue weighted by Gasteiger charge is 2.18. The lowest BCUT2D eigenvalue weighted by atomic mass is 10.1. The van der Waals surface area contributed by atoms with Crippen molar-refractivity contribution in [2.45, 2.75) is 0 Å². The van der Waals surface area contributed by atoms with Crippen LogP contribution in [0.25, 0.3) is 0 Å². The van der Waals surface area contributed by atoms with E-state index < -0.39 is 22.4 Å². The van der Waals surface area contributed by atoms with E-state index in [1.165, 1.54) is 0 Å². The molecule has 0 heterocycles. The molecule has 0 aliphatic rings. The van der Waals surface area contributed by atoms with Crippen LogP contribution >= 0.6 is 0 Å². The van der Waals surface area contributed by atoms with Crippen molar-refractivity contribution in [2.75, 3.05) is 0 Å². The summed E-state index contributed by atoms with van der Waals surface area (Å²) in [5.41, 5.74) is -1.65. The summed E-state index contributed by atoms with van der Waals surface area (Å²) >= 11 is 0. The largest absolute Gasteiger partial charge is 0.507 e. The highest BCUT2D eigenvalue weighted by molar-refractivity contribution is 6.41. The highest BCUT2D eigenvalue weighted by Crippen LogP contribution is 2.23. The second-order valence-electron chi connectivity index (χ2n) is 2.64. The van der Waals surface area contributed by atoms with E-state index in [1.807, 2.05) is 0 Å². The summed E-state index contributed by atoms with van der Waals surface area (Å²) < 4.78 is 0. The summed E-state index contributed by atoms with van der Waals surface area (Å²) in [6.07, 6.45) is 0. The van der Waals surface area contributed by atoms with Crippen molar-refractivity contribution in [3.8, 4) is 5.75 Å². The van der Waals surface area contributed by atoms with E-state index in [0.717, 1.165) is 18.2 Å². The number of nitro benzene ring substituents is 1. The van der Waals surface area contributed by atoms with Crippen molar-refractivity contribution in [1.29, 1.82) is 5.41 Å². The van der Waals surface area contributed by atoms with Crippen LogP contribution in [0.4, 0.5) is 5.69 Å². The number of hydrogen-bond donors (Lipinski definition) is 3. The summed E-state index contributed by atoms with van der Waals surface area (Å²) in [5.74, 6) is -2.04. The van der Waals surface area contributed by atoms with Crippen molar-refractivity contribution < 1.29 is 19.9 Å². The Balaban J connectivity index is 3.28. The number of nitrogens with one attached hydrogen (secondary N) is 1. The van der Waals surface area contributed by atoms with Crippen LogP contribution in [0.5, 0.6) is 5.75 Å². The number of non-ortho nitro benzene ring substituents is 1. The van der Waals surface area contributed by atoms with Gasteiger partial charge in [0.15, 0.2) is 5.71 Å². The molecule has 0 saturated carbocycles. The van der Waals surface area contributed by atoms with E-state index >= 15 is 0 Å². The monoisotopic (exact) mass is 210 g/mol. The van der Waals surface area contributed by atoms with Gasteiger partial charge in [0.05, 0.1) is 10.5 Å². The van der Waals surface area contributed by atoms with E-state index in [9.17, 15) is 20.0 Å². The summed E-state index contributed by atoms with van der Waals surface area (Å²) in [6, 6.07) is 2.84. The van der Waals surface area contributed by atoms with Gasteiger partial charge in [-0.1, -0.05) is 0 Å². The molecule has 1 aromatic rings. The minimum Gasteiger partial charge on any atom is -0.507 e. The topological polar surface area (TPSA) is 125 Å². The number of phenols is 1. The van der Waals surface area contributed by atoms with Crippen molar-refractivity contribution in [3.63, 3.8) is 0 Å². The smallest absolute Gasteiger partial charge is 0.354 e. The van der Waals surface area contributed by atoms with Gasteiger partial charge < -0.3 is 10.2 Å². The maximum atomic E-state index is 10.4. The van der Waals surface area contributed by atoms with Gasteiger partial charge in [-0.05, 0) is 6.07 Å². The van der Waals surface area contributed by atoms with Crippen molar-refractivity contribution in [2.24, 2.45) is 0 Å². The Morgan fingerprint density at radius 3 is 2.53 bits per heavy atom. The van der Waals surface area contributed by atoms with Crippen LogP contribution in [0, 0.1) is 15.5 Å². The number of aromatic hydroxyl groups is 1. The summed E-state index contributed by atoms with van der Waals surface area (Å²) in [4.78, 5) is 20.1. The third-order valence-corrected chi connectivity index (χ3v) is 1.67. The Morgan fingerprint density at radius 1 is 1.47 bits per heavy atom. The second-order valence-corrected chi connectivity index (χ2v) is 2.64. The first-order chi connectivity index (χ1) is 6.93. The molecule has 78 valence electrons. The normalized spacial score (nSPS) is 9.60. The SMILES string of the molecule is N=C(C(=O)O)c1cc([N+](=O)[O-])ccc1O. The maximum Gasteiger partial charge on any atom is 0.354 e. The van der Waals surface area contributed by atoms with Crippen LogP contribution < -0.4 is 0 Å². The first kappa shape index (κ1) is 10.6. The first-order valence-corrected chi connectivity index (χ1v) is 3.73. The van der Waals surface area contributed by atoms with Gasteiger partial charge in [0.2, 0.25) is 0 Å². The van der Waals surface area contributed by atoms with E-state index in [4.69, 9.17) is 10.5 Å². The van der Waals surface area contributed by atoms with E-state index in [-0.39, 0.29) is 11.3 Å². The predicted octanol–water partition coefficient (Wildman–Crippen LogP) is 0.753. The molecule has 0 bridgehead atoms.